The van der Waals surface area contributed by atoms with Crippen molar-refractivity contribution in [3.63, 3.8) is 0 Å². The number of nitrogens with one attached hydrogen (secondary N) is 1. The highest BCUT2D eigenvalue weighted by Crippen LogP contribution is 2.20. The van der Waals surface area contributed by atoms with Gasteiger partial charge in [-0.25, -0.2) is 12.7 Å². The number of hydrogen-bond acceptors (Lipinski definition) is 3. The van der Waals surface area contributed by atoms with E-state index in [0.717, 1.165) is 14.3 Å². The Kier molecular flexibility index (Phi) is 6.15. The van der Waals surface area contributed by atoms with Crippen molar-refractivity contribution in [3.05, 3.63) is 58.6 Å². The minimum absolute atomic E-state index is 0.149. The number of anilines is 1. The summed E-state index contributed by atoms with van der Waals surface area (Å²) >= 11 is 3.46. The van der Waals surface area contributed by atoms with Crippen molar-refractivity contribution in [3.8, 4) is 0 Å². The Morgan fingerprint density at radius 3 is 2.50 bits per heavy atom. The Morgan fingerprint density at radius 2 is 1.83 bits per heavy atom. The van der Waals surface area contributed by atoms with Gasteiger partial charge in [0.1, 0.15) is 0 Å². The minimum atomic E-state index is -3.52. The predicted octanol–water partition coefficient (Wildman–Crippen LogP) is 3.27. The van der Waals surface area contributed by atoms with Crippen molar-refractivity contribution >= 4 is 37.5 Å². The average Bonchev–Trinajstić information content (AvgIpc) is 2.54. The lowest BCUT2D eigenvalue weighted by Gasteiger charge is -2.12. The van der Waals surface area contributed by atoms with Gasteiger partial charge in [-0.05, 0) is 36.2 Å². The molecule has 0 aliphatic carbocycles. The Hall–Kier alpha value is -1.70. The monoisotopic (exact) mass is 410 g/mol. The van der Waals surface area contributed by atoms with Gasteiger partial charge in [0.25, 0.3) is 0 Å². The molecule has 0 unspecified atom stereocenters. The third-order valence-electron chi connectivity index (χ3n) is 3.48. The standard InChI is InChI=1S/C17H19BrN2O3S/c1-20(2)24(22,23)15-8-5-7-14(12-15)19-17(21)11-10-13-6-3-4-9-16(13)18/h3-9,12H,10-11H2,1-2H3,(H,19,21). The first-order chi connectivity index (χ1) is 11.3. The molecule has 2 aromatic carbocycles. The number of rotatable bonds is 6. The van der Waals surface area contributed by atoms with Gasteiger partial charge >= 0.3 is 0 Å². The number of aryl methyl sites for hydroxylation is 1. The van der Waals surface area contributed by atoms with Gasteiger partial charge in [-0.3, -0.25) is 4.79 Å². The van der Waals surface area contributed by atoms with Crippen molar-refractivity contribution < 1.29 is 13.2 Å². The topological polar surface area (TPSA) is 66.5 Å². The number of nitrogens with zero attached hydrogens (tertiary/aromatic N) is 1. The van der Waals surface area contributed by atoms with Crippen molar-refractivity contribution in [1.82, 2.24) is 4.31 Å². The number of amides is 1. The molecule has 0 fully saturated rings. The minimum Gasteiger partial charge on any atom is -0.326 e. The number of carbonyl (C=O) groups excluding carboxylic acids is 1. The lowest BCUT2D eigenvalue weighted by Crippen LogP contribution is -2.22. The van der Waals surface area contributed by atoms with Crippen molar-refractivity contribution in [2.24, 2.45) is 0 Å². The normalized spacial score (nSPS) is 11.5. The fraction of sp³-hybridized carbons (Fsp3) is 0.235. The van der Waals surface area contributed by atoms with E-state index < -0.39 is 10.0 Å². The zero-order valence-corrected chi connectivity index (χ0v) is 15.9. The molecule has 7 heteroatoms. The molecule has 0 saturated carbocycles. The first-order valence-electron chi connectivity index (χ1n) is 7.36. The van der Waals surface area contributed by atoms with Gasteiger partial charge < -0.3 is 5.32 Å². The SMILES string of the molecule is CN(C)S(=O)(=O)c1cccc(NC(=O)CCc2ccccc2Br)c1. The van der Waals surface area contributed by atoms with E-state index in [0.29, 0.717) is 18.5 Å². The van der Waals surface area contributed by atoms with Gasteiger partial charge in [0.05, 0.1) is 4.90 Å². The second-order valence-electron chi connectivity index (χ2n) is 5.45. The van der Waals surface area contributed by atoms with E-state index in [4.69, 9.17) is 0 Å². The first kappa shape index (κ1) is 18.6. The predicted molar refractivity (Wildman–Crippen MR) is 98.4 cm³/mol. The Morgan fingerprint density at radius 1 is 1.12 bits per heavy atom. The van der Waals surface area contributed by atoms with Gasteiger partial charge in [0.15, 0.2) is 0 Å². The molecule has 1 N–H and O–H groups in total. The maximum atomic E-state index is 12.1. The molecular weight excluding hydrogens is 392 g/mol. The summed E-state index contributed by atoms with van der Waals surface area (Å²) in [5.74, 6) is -0.162. The quantitative estimate of drug-likeness (QED) is 0.794. The molecule has 0 aliphatic rings. The highest BCUT2D eigenvalue weighted by molar-refractivity contribution is 9.10. The van der Waals surface area contributed by atoms with Crippen molar-refractivity contribution in [2.45, 2.75) is 17.7 Å². The van der Waals surface area contributed by atoms with Crippen LogP contribution in [0.3, 0.4) is 0 Å². The molecule has 0 radical (unpaired) electrons. The molecule has 0 aromatic heterocycles. The van der Waals surface area contributed by atoms with Crippen LogP contribution in [0, 0.1) is 0 Å². The largest absolute Gasteiger partial charge is 0.326 e. The molecule has 5 nitrogen and oxygen atoms in total. The molecule has 2 rings (SSSR count). The molecular formula is C17H19BrN2O3S. The second kappa shape index (κ2) is 7.92. The molecule has 0 spiro atoms. The molecule has 0 aliphatic heterocycles. The van der Waals surface area contributed by atoms with Gasteiger partial charge in [0.2, 0.25) is 15.9 Å². The molecule has 2 aromatic rings. The highest BCUT2D eigenvalue weighted by Gasteiger charge is 2.17. The van der Waals surface area contributed by atoms with Crippen LogP contribution in [0.25, 0.3) is 0 Å². The lowest BCUT2D eigenvalue weighted by atomic mass is 10.1. The summed E-state index contributed by atoms with van der Waals surface area (Å²) in [5, 5.41) is 2.75. The smallest absolute Gasteiger partial charge is 0.242 e. The van der Waals surface area contributed by atoms with E-state index in [-0.39, 0.29) is 10.8 Å². The van der Waals surface area contributed by atoms with Gasteiger partial charge in [-0.1, -0.05) is 40.2 Å². The van der Waals surface area contributed by atoms with Crippen LogP contribution in [0.15, 0.2) is 57.9 Å². The van der Waals surface area contributed by atoms with E-state index >= 15 is 0 Å². The Bertz CT molecular complexity index is 835. The van der Waals surface area contributed by atoms with Crippen LogP contribution in [-0.2, 0) is 21.2 Å². The average molecular weight is 411 g/mol. The van der Waals surface area contributed by atoms with E-state index in [2.05, 4.69) is 21.2 Å². The fourth-order valence-electron chi connectivity index (χ4n) is 2.12. The van der Waals surface area contributed by atoms with Crippen LogP contribution in [0.1, 0.15) is 12.0 Å². The number of hydrogen-bond donors (Lipinski definition) is 1. The van der Waals surface area contributed by atoms with Crippen LogP contribution in [0.2, 0.25) is 0 Å². The zero-order valence-electron chi connectivity index (χ0n) is 13.5. The lowest BCUT2D eigenvalue weighted by molar-refractivity contribution is -0.116. The summed E-state index contributed by atoms with van der Waals surface area (Å²) in [6, 6.07) is 14.0. The van der Waals surface area contributed by atoms with Gasteiger partial charge in [0, 0.05) is 30.7 Å². The third-order valence-corrected chi connectivity index (χ3v) is 6.06. The fourth-order valence-corrected chi connectivity index (χ4v) is 3.55. The van der Waals surface area contributed by atoms with Crippen molar-refractivity contribution in [2.75, 3.05) is 19.4 Å². The molecule has 0 bridgehead atoms. The van der Waals surface area contributed by atoms with Crippen LogP contribution in [-0.4, -0.2) is 32.7 Å². The maximum Gasteiger partial charge on any atom is 0.242 e. The van der Waals surface area contributed by atoms with Crippen LogP contribution < -0.4 is 5.32 Å². The molecule has 0 heterocycles. The van der Waals surface area contributed by atoms with Gasteiger partial charge in [-0.15, -0.1) is 0 Å². The molecule has 128 valence electrons. The Labute approximate surface area is 150 Å². The maximum absolute atomic E-state index is 12.1. The second-order valence-corrected chi connectivity index (χ2v) is 8.46. The number of sulfonamides is 1. The van der Waals surface area contributed by atoms with Crippen LogP contribution in [0.5, 0.6) is 0 Å². The third kappa shape index (κ3) is 4.66. The van der Waals surface area contributed by atoms with Crippen LogP contribution in [0.4, 0.5) is 5.69 Å². The van der Waals surface area contributed by atoms with E-state index in [9.17, 15) is 13.2 Å². The summed E-state index contributed by atoms with van der Waals surface area (Å²) in [6.07, 6.45) is 0.913. The van der Waals surface area contributed by atoms with Crippen molar-refractivity contribution in [1.29, 1.82) is 0 Å². The summed E-state index contributed by atoms with van der Waals surface area (Å²) in [5.41, 5.74) is 1.52. The summed E-state index contributed by atoms with van der Waals surface area (Å²) in [6.45, 7) is 0. The van der Waals surface area contributed by atoms with E-state index in [1.807, 2.05) is 24.3 Å². The first-order valence-corrected chi connectivity index (χ1v) is 9.60. The molecule has 1 amide bonds. The Balaban J connectivity index is 2.04. The summed E-state index contributed by atoms with van der Waals surface area (Å²) in [4.78, 5) is 12.3. The van der Waals surface area contributed by atoms with Crippen LogP contribution >= 0.6 is 15.9 Å². The number of benzene rings is 2. The summed E-state index contributed by atoms with van der Waals surface area (Å²) < 4.78 is 26.4. The molecule has 24 heavy (non-hydrogen) atoms. The van der Waals surface area contributed by atoms with E-state index in [1.165, 1.54) is 26.2 Å². The zero-order chi connectivity index (χ0) is 17.7. The number of carbonyl (C=O) groups is 1. The molecule has 0 atom stereocenters. The summed E-state index contributed by atoms with van der Waals surface area (Å²) in [7, 11) is -0.579. The molecule has 0 saturated heterocycles. The number of halogens is 1. The highest BCUT2D eigenvalue weighted by atomic mass is 79.9. The van der Waals surface area contributed by atoms with E-state index in [1.54, 1.807) is 12.1 Å². The van der Waals surface area contributed by atoms with Gasteiger partial charge in [-0.2, -0.15) is 0 Å².